The van der Waals surface area contributed by atoms with E-state index in [4.69, 9.17) is 16.3 Å². The summed E-state index contributed by atoms with van der Waals surface area (Å²) in [5, 5.41) is 3.68. The van der Waals surface area contributed by atoms with E-state index in [0.29, 0.717) is 23.2 Å². The van der Waals surface area contributed by atoms with Crippen LogP contribution in [0.2, 0.25) is 5.02 Å². The van der Waals surface area contributed by atoms with Crippen molar-refractivity contribution in [1.29, 1.82) is 0 Å². The Kier molecular flexibility index (Phi) is 6.16. The molecule has 0 radical (unpaired) electrons. The lowest BCUT2D eigenvalue weighted by atomic mass is 9.96. The van der Waals surface area contributed by atoms with E-state index in [0.717, 1.165) is 31.9 Å². The summed E-state index contributed by atoms with van der Waals surface area (Å²) in [6.45, 7) is 5.98. The fourth-order valence-electron chi connectivity index (χ4n) is 3.09. The van der Waals surface area contributed by atoms with E-state index in [2.05, 4.69) is 20.2 Å². The van der Waals surface area contributed by atoms with Gasteiger partial charge in [-0.15, -0.1) is 0 Å². The summed E-state index contributed by atoms with van der Waals surface area (Å²) in [6, 6.07) is 8.83. The van der Waals surface area contributed by atoms with Crippen LogP contribution in [-0.2, 0) is 4.79 Å². The van der Waals surface area contributed by atoms with Crippen LogP contribution in [-0.4, -0.2) is 41.1 Å². The van der Waals surface area contributed by atoms with Crippen molar-refractivity contribution in [2.24, 2.45) is 5.92 Å². The molecule has 1 saturated heterocycles. The monoisotopic (exact) mass is 388 g/mol. The highest BCUT2D eigenvalue weighted by molar-refractivity contribution is 6.30. The van der Waals surface area contributed by atoms with Crippen molar-refractivity contribution in [1.82, 2.24) is 15.3 Å². The first-order valence-corrected chi connectivity index (χ1v) is 9.57. The number of amides is 1. The minimum atomic E-state index is -0.952. The normalized spacial score (nSPS) is 15.4. The van der Waals surface area contributed by atoms with E-state index < -0.39 is 5.60 Å². The van der Waals surface area contributed by atoms with Gasteiger partial charge in [-0.1, -0.05) is 11.6 Å². The molecule has 2 heterocycles. The Morgan fingerprint density at radius 2 is 1.85 bits per heavy atom. The number of ether oxygens (including phenoxy) is 1. The number of piperidine rings is 1. The van der Waals surface area contributed by atoms with Gasteiger partial charge in [0.15, 0.2) is 5.60 Å². The fraction of sp³-hybridized carbons (Fsp3) is 0.450. The Labute approximate surface area is 164 Å². The van der Waals surface area contributed by atoms with Crippen LogP contribution in [0.25, 0.3) is 0 Å². The molecule has 144 valence electrons. The van der Waals surface area contributed by atoms with Crippen LogP contribution in [0.1, 0.15) is 26.7 Å². The minimum Gasteiger partial charge on any atom is -0.478 e. The summed E-state index contributed by atoms with van der Waals surface area (Å²) in [5.74, 6) is 1.72. The molecule has 0 aliphatic carbocycles. The smallest absolute Gasteiger partial charge is 0.263 e. The second-order valence-corrected chi connectivity index (χ2v) is 7.69. The van der Waals surface area contributed by atoms with Gasteiger partial charge in [0.2, 0.25) is 5.95 Å². The van der Waals surface area contributed by atoms with E-state index in [1.807, 2.05) is 6.07 Å². The summed E-state index contributed by atoms with van der Waals surface area (Å²) in [7, 11) is 0. The number of carbonyl (C=O) groups is 1. The molecule has 1 aromatic heterocycles. The summed E-state index contributed by atoms with van der Waals surface area (Å²) < 4.78 is 5.84. The van der Waals surface area contributed by atoms with Crippen molar-refractivity contribution in [3.05, 3.63) is 47.7 Å². The maximum Gasteiger partial charge on any atom is 0.263 e. The van der Waals surface area contributed by atoms with Crippen molar-refractivity contribution in [2.45, 2.75) is 32.3 Å². The van der Waals surface area contributed by atoms with Crippen molar-refractivity contribution < 1.29 is 9.53 Å². The number of hydrogen-bond donors (Lipinski definition) is 1. The summed E-state index contributed by atoms with van der Waals surface area (Å²) >= 11 is 5.88. The molecule has 0 spiro atoms. The van der Waals surface area contributed by atoms with Crippen LogP contribution in [0.3, 0.4) is 0 Å². The molecule has 2 aromatic rings. The number of nitrogens with one attached hydrogen (secondary N) is 1. The lowest BCUT2D eigenvalue weighted by Gasteiger charge is -2.32. The van der Waals surface area contributed by atoms with Crippen molar-refractivity contribution >= 4 is 23.5 Å². The number of anilines is 1. The average molecular weight is 389 g/mol. The van der Waals surface area contributed by atoms with Gasteiger partial charge >= 0.3 is 0 Å². The quantitative estimate of drug-likeness (QED) is 0.822. The molecule has 0 unspecified atom stereocenters. The van der Waals surface area contributed by atoms with E-state index >= 15 is 0 Å². The summed E-state index contributed by atoms with van der Waals surface area (Å²) in [5.41, 5.74) is -0.952. The van der Waals surface area contributed by atoms with Crippen molar-refractivity contribution in [2.75, 3.05) is 24.5 Å². The molecule has 7 heteroatoms. The lowest BCUT2D eigenvalue weighted by molar-refractivity contribution is -0.134. The van der Waals surface area contributed by atoms with Crippen molar-refractivity contribution in [3.63, 3.8) is 0 Å². The molecule has 1 amide bonds. The van der Waals surface area contributed by atoms with Gasteiger partial charge in [0.25, 0.3) is 5.91 Å². The zero-order chi connectivity index (χ0) is 19.3. The molecular weight excluding hydrogens is 364 g/mol. The molecule has 0 saturated carbocycles. The topological polar surface area (TPSA) is 67.3 Å². The van der Waals surface area contributed by atoms with Crippen LogP contribution in [0.4, 0.5) is 5.95 Å². The maximum absolute atomic E-state index is 12.6. The van der Waals surface area contributed by atoms with Crippen LogP contribution in [0.15, 0.2) is 42.7 Å². The largest absolute Gasteiger partial charge is 0.478 e. The van der Waals surface area contributed by atoms with Crippen LogP contribution in [0.5, 0.6) is 5.75 Å². The third-order valence-electron chi connectivity index (χ3n) is 4.73. The standard InChI is InChI=1S/C20H25ClN4O2/c1-20(2,27-17-6-4-16(21)5-7-17)18(26)24-14-15-8-12-25(13-9-15)19-22-10-3-11-23-19/h3-7,10-11,15H,8-9,12-14H2,1-2H3,(H,24,26). The van der Waals surface area contributed by atoms with Gasteiger partial charge in [0, 0.05) is 37.1 Å². The van der Waals surface area contributed by atoms with E-state index in [1.165, 1.54) is 0 Å². The molecule has 3 rings (SSSR count). The summed E-state index contributed by atoms with van der Waals surface area (Å²) in [6.07, 6.45) is 5.52. The number of rotatable bonds is 6. The highest BCUT2D eigenvalue weighted by Gasteiger charge is 2.31. The molecule has 1 aromatic carbocycles. The Hall–Kier alpha value is -2.34. The SMILES string of the molecule is CC(C)(Oc1ccc(Cl)cc1)C(=O)NCC1CCN(c2ncccn2)CC1. The zero-order valence-corrected chi connectivity index (χ0v) is 16.4. The van der Waals surface area contributed by atoms with Gasteiger partial charge in [0.05, 0.1) is 0 Å². The highest BCUT2D eigenvalue weighted by Crippen LogP contribution is 2.22. The molecule has 27 heavy (non-hydrogen) atoms. The molecule has 0 bridgehead atoms. The highest BCUT2D eigenvalue weighted by atomic mass is 35.5. The molecule has 1 aliphatic rings. The number of hydrogen-bond acceptors (Lipinski definition) is 5. The van der Waals surface area contributed by atoms with Gasteiger partial charge in [0.1, 0.15) is 5.75 Å². The Morgan fingerprint density at radius 3 is 2.48 bits per heavy atom. The molecule has 1 fully saturated rings. The molecule has 1 aliphatic heterocycles. The van der Waals surface area contributed by atoms with Gasteiger partial charge in [-0.3, -0.25) is 4.79 Å². The lowest BCUT2D eigenvalue weighted by Crippen LogP contribution is -2.48. The number of nitrogens with zero attached hydrogens (tertiary/aromatic N) is 3. The molecule has 1 N–H and O–H groups in total. The first-order valence-electron chi connectivity index (χ1n) is 9.19. The number of halogens is 1. The van der Waals surface area contributed by atoms with E-state index in [9.17, 15) is 4.79 Å². The second kappa shape index (κ2) is 8.57. The molecule has 0 atom stereocenters. The number of benzene rings is 1. The van der Waals surface area contributed by atoms with E-state index in [1.54, 1.807) is 50.5 Å². The van der Waals surface area contributed by atoms with Crippen LogP contribution in [0, 0.1) is 5.92 Å². The van der Waals surface area contributed by atoms with Gasteiger partial charge < -0.3 is 15.0 Å². The second-order valence-electron chi connectivity index (χ2n) is 7.26. The predicted molar refractivity (Wildman–Crippen MR) is 106 cm³/mol. The molecular formula is C20H25ClN4O2. The van der Waals surface area contributed by atoms with Gasteiger partial charge in [-0.05, 0) is 62.9 Å². The third-order valence-corrected chi connectivity index (χ3v) is 4.99. The fourth-order valence-corrected chi connectivity index (χ4v) is 3.21. The van der Waals surface area contributed by atoms with Crippen LogP contribution >= 0.6 is 11.6 Å². The third kappa shape index (κ3) is 5.32. The Balaban J connectivity index is 1.45. The summed E-state index contributed by atoms with van der Waals surface area (Å²) in [4.78, 5) is 23.4. The first-order chi connectivity index (χ1) is 12.9. The van der Waals surface area contributed by atoms with Crippen LogP contribution < -0.4 is 15.0 Å². The first kappa shape index (κ1) is 19.4. The molecule has 6 nitrogen and oxygen atoms in total. The zero-order valence-electron chi connectivity index (χ0n) is 15.7. The van der Waals surface area contributed by atoms with Gasteiger partial charge in [-0.25, -0.2) is 9.97 Å². The average Bonchev–Trinajstić information content (AvgIpc) is 2.69. The van der Waals surface area contributed by atoms with E-state index in [-0.39, 0.29) is 5.91 Å². The Morgan fingerprint density at radius 1 is 1.22 bits per heavy atom. The Bertz CT molecular complexity index is 744. The van der Waals surface area contributed by atoms with Gasteiger partial charge in [-0.2, -0.15) is 0 Å². The number of aromatic nitrogens is 2. The predicted octanol–water partition coefficient (Wildman–Crippen LogP) is 3.32. The minimum absolute atomic E-state index is 0.119. The van der Waals surface area contributed by atoms with Crippen molar-refractivity contribution in [3.8, 4) is 5.75 Å². The maximum atomic E-state index is 12.6. The number of carbonyl (C=O) groups excluding carboxylic acids is 1.